The average molecular weight is 319 g/mol. The van der Waals surface area contributed by atoms with E-state index >= 15 is 0 Å². The fourth-order valence-corrected chi connectivity index (χ4v) is 4.76. The lowest BCUT2D eigenvalue weighted by Gasteiger charge is -2.15. The maximum Gasteiger partial charge on any atom is 0.190 e. The van der Waals surface area contributed by atoms with Crippen LogP contribution in [0.2, 0.25) is 0 Å². The molecule has 0 fully saturated rings. The van der Waals surface area contributed by atoms with Gasteiger partial charge in [-0.25, -0.2) is 14.4 Å². The first-order valence-electron chi connectivity index (χ1n) is 6.99. The number of halogens is 1. The van der Waals surface area contributed by atoms with E-state index in [9.17, 15) is 4.39 Å². The zero-order valence-corrected chi connectivity index (χ0v) is 13.2. The third-order valence-electron chi connectivity index (χ3n) is 3.75. The van der Waals surface area contributed by atoms with Gasteiger partial charge in [0.1, 0.15) is 5.82 Å². The first-order valence-corrected chi connectivity index (χ1v) is 8.62. The van der Waals surface area contributed by atoms with E-state index in [0.717, 1.165) is 39.2 Å². The molecule has 4 rings (SSSR count). The Morgan fingerprint density at radius 1 is 1.24 bits per heavy atom. The lowest BCUT2D eigenvalue weighted by Crippen LogP contribution is -2.09. The van der Waals surface area contributed by atoms with Gasteiger partial charge in [-0.15, -0.1) is 11.3 Å². The topological polar surface area (TPSA) is 37.8 Å². The number of hydrogen-bond donors (Lipinski definition) is 1. The highest BCUT2D eigenvalue weighted by atomic mass is 32.1. The Kier molecular flexibility index (Phi) is 3.15. The van der Waals surface area contributed by atoms with E-state index in [-0.39, 0.29) is 5.82 Å². The van der Waals surface area contributed by atoms with Gasteiger partial charge in [0.05, 0.1) is 15.9 Å². The minimum Gasteiger partial charge on any atom is -0.307 e. The summed E-state index contributed by atoms with van der Waals surface area (Å²) in [5.74, 6) is 0.521. The van der Waals surface area contributed by atoms with Gasteiger partial charge >= 0.3 is 0 Å². The Labute approximate surface area is 129 Å². The molecular weight excluding hydrogens is 305 g/mol. The van der Waals surface area contributed by atoms with Crippen molar-refractivity contribution >= 4 is 43.2 Å². The van der Waals surface area contributed by atoms with E-state index in [1.165, 1.54) is 40.5 Å². The Bertz CT molecular complexity index is 808. The summed E-state index contributed by atoms with van der Waals surface area (Å²) >= 11 is 3.17. The van der Waals surface area contributed by atoms with E-state index in [1.54, 1.807) is 17.4 Å². The maximum absolute atomic E-state index is 13.2. The van der Waals surface area contributed by atoms with Crippen LogP contribution in [-0.2, 0) is 12.8 Å². The summed E-state index contributed by atoms with van der Waals surface area (Å²) < 4.78 is 14.1. The number of nitrogens with zero attached hydrogens (tertiary/aromatic N) is 2. The van der Waals surface area contributed by atoms with Gasteiger partial charge < -0.3 is 5.32 Å². The molecule has 0 saturated carbocycles. The number of aromatic nitrogens is 2. The molecule has 2 aromatic heterocycles. The van der Waals surface area contributed by atoms with Crippen molar-refractivity contribution in [3.63, 3.8) is 0 Å². The van der Waals surface area contributed by atoms with Crippen molar-refractivity contribution in [2.75, 3.05) is 5.32 Å². The third kappa shape index (κ3) is 2.53. The summed E-state index contributed by atoms with van der Waals surface area (Å²) in [5.41, 5.74) is 2.05. The number of fused-ring (bicyclic) bond motifs is 2. The molecule has 1 aliphatic rings. The Morgan fingerprint density at radius 3 is 3.00 bits per heavy atom. The zero-order chi connectivity index (χ0) is 14.4. The van der Waals surface area contributed by atoms with Crippen LogP contribution < -0.4 is 5.32 Å². The predicted octanol–water partition coefficient (Wildman–Crippen LogP) is 4.76. The van der Waals surface area contributed by atoms with Gasteiger partial charge in [0.2, 0.25) is 0 Å². The summed E-state index contributed by atoms with van der Waals surface area (Å²) in [5, 5.41) is 4.95. The Morgan fingerprint density at radius 2 is 2.10 bits per heavy atom. The lowest BCUT2D eigenvalue weighted by molar-refractivity contribution is 0.502. The molecule has 1 aromatic carbocycles. The lowest BCUT2D eigenvalue weighted by atomic mass is 9.93. The molecule has 6 heteroatoms. The van der Waals surface area contributed by atoms with Gasteiger partial charge in [-0.1, -0.05) is 18.3 Å². The monoisotopic (exact) mass is 319 g/mol. The number of anilines is 2. The molecule has 3 aromatic rings. The van der Waals surface area contributed by atoms with Gasteiger partial charge in [-0.05, 0) is 43.4 Å². The summed E-state index contributed by atoms with van der Waals surface area (Å²) in [7, 11) is 0. The molecule has 0 unspecified atom stereocenters. The van der Waals surface area contributed by atoms with E-state index < -0.39 is 0 Å². The van der Waals surface area contributed by atoms with Gasteiger partial charge in [-0.2, -0.15) is 0 Å². The number of rotatable bonds is 2. The van der Waals surface area contributed by atoms with Crippen LogP contribution in [0.25, 0.3) is 10.2 Å². The fraction of sp³-hybridized carbons (Fsp3) is 0.333. The first-order chi connectivity index (χ1) is 10.2. The van der Waals surface area contributed by atoms with Crippen molar-refractivity contribution in [2.45, 2.75) is 26.2 Å². The standard InChI is InChI=1S/C15H14FN3S2/c1-8-2-4-10-12(6-8)20-14(17-10)19-15-18-11-5-3-9(16)7-13(11)21-15/h3,5,7-8H,2,4,6H2,1H3,(H,17,18,19)/t8-/m1/s1. The van der Waals surface area contributed by atoms with Crippen molar-refractivity contribution in [3.05, 3.63) is 34.6 Å². The smallest absolute Gasteiger partial charge is 0.190 e. The second-order valence-corrected chi connectivity index (χ2v) is 7.61. The molecule has 1 atom stereocenters. The van der Waals surface area contributed by atoms with E-state index in [4.69, 9.17) is 0 Å². The zero-order valence-electron chi connectivity index (χ0n) is 11.5. The first kappa shape index (κ1) is 13.2. The summed E-state index contributed by atoms with van der Waals surface area (Å²) in [4.78, 5) is 10.5. The number of aryl methyl sites for hydroxylation is 1. The molecule has 0 spiro atoms. The van der Waals surface area contributed by atoms with E-state index in [2.05, 4.69) is 22.2 Å². The second kappa shape index (κ2) is 5.03. The SMILES string of the molecule is C[C@@H]1CCc2nc(Nc3nc4ccc(F)cc4s3)sc2C1. The molecule has 0 saturated heterocycles. The minimum atomic E-state index is -0.226. The molecule has 2 heterocycles. The van der Waals surface area contributed by atoms with Crippen LogP contribution in [0.5, 0.6) is 0 Å². The number of nitrogens with one attached hydrogen (secondary N) is 1. The fourth-order valence-electron chi connectivity index (χ4n) is 2.64. The highest BCUT2D eigenvalue weighted by Crippen LogP contribution is 2.35. The molecule has 3 nitrogen and oxygen atoms in total. The normalized spacial score (nSPS) is 17.9. The van der Waals surface area contributed by atoms with Crippen molar-refractivity contribution < 1.29 is 4.39 Å². The van der Waals surface area contributed by atoms with E-state index in [0.29, 0.717) is 0 Å². The van der Waals surface area contributed by atoms with E-state index in [1.807, 2.05) is 0 Å². The molecule has 0 aliphatic heterocycles. The molecule has 1 aliphatic carbocycles. The van der Waals surface area contributed by atoms with Crippen LogP contribution in [-0.4, -0.2) is 9.97 Å². The minimum absolute atomic E-state index is 0.226. The Balaban J connectivity index is 1.62. The van der Waals surface area contributed by atoms with Crippen LogP contribution in [0.4, 0.5) is 14.7 Å². The Hall–Kier alpha value is -1.53. The van der Waals surface area contributed by atoms with Crippen molar-refractivity contribution in [1.29, 1.82) is 0 Å². The molecule has 0 amide bonds. The molecule has 108 valence electrons. The second-order valence-electron chi connectivity index (χ2n) is 5.49. The molecule has 0 radical (unpaired) electrons. The predicted molar refractivity (Wildman–Crippen MR) is 86.2 cm³/mol. The molecule has 1 N–H and O–H groups in total. The highest BCUT2D eigenvalue weighted by molar-refractivity contribution is 7.22. The van der Waals surface area contributed by atoms with Crippen LogP contribution in [0.3, 0.4) is 0 Å². The van der Waals surface area contributed by atoms with Crippen LogP contribution >= 0.6 is 22.7 Å². The van der Waals surface area contributed by atoms with Crippen LogP contribution in [0.1, 0.15) is 23.9 Å². The summed E-state index contributed by atoms with van der Waals surface area (Å²) in [6, 6.07) is 4.67. The molecular formula is C15H14FN3S2. The van der Waals surface area contributed by atoms with Crippen LogP contribution in [0, 0.1) is 11.7 Å². The van der Waals surface area contributed by atoms with Crippen LogP contribution in [0.15, 0.2) is 18.2 Å². The van der Waals surface area contributed by atoms with Crippen molar-refractivity contribution in [2.24, 2.45) is 5.92 Å². The molecule has 0 bridgehead atoms. The van der Waals surface area contributed by atoms with Crippen molar-refractivity contribution in [1.82, 2.24) is 9.97 Å². The molecule has 21 heavy (non-hydrogen) atoms. The van der Waals surface area contributed by atoms with Gasteiger partial charge in [0.25, 0.3) is 0 Å². The quantitative estimate of drug-likeness (QED) is 0.740. The van der Waals surface area contributed by atoms with Gasteiger partial charge in [0, 0.05) is 4.88 Å². The highest BCUT2D eigenvalue weighted by Gasteiger charge is 2.20. The average Bonchev–Trinajstić information content (AvgIpc) is 3.00. The maximum atomic E-state index is 13.2. The number of benzene rings is 1. The number of thiazole rings is 2. The third-order valence-corrected chi connectivity index (χ3v) is 5.72. The number of hydrogen-bond acceptors (Lipinski definition) is 5. The summed E-state index contributed by atoms with van der Waals surface area (Å²) in [6.07, 6.45) is 3.41. The van der Waals surface area contributed by atoms with Gasteiger partial charge in [0.15, 0.2) is 10.3 Å². The van der Waals surface area contributed by atoms with Gasteiger partial charge in [-0.3, -0.25) is 0 Å². The summed E-state index contributed by atoms with van der Waals surface area (Å²) in [6.45, 7) is 2.29. The van der Waals surface area contributed by atoms with Crippen molar-refractivity contribution in [3.8, 4) is 0 Å². The largest absolute Gasteiger partial charge is 0.307 e.